The molecule has 6 nitrogen and oxygen atoms in total. The summed E-state index contributed by atoms with van der Waals surface area (Å²) in [5, 5.41) is 2.27. The molecular weight excluding hydrogens is 310 g/mol. The molecule has 0 unspecified atom stereocenters. The number of thiazole rings is 1. The minimum atomic E-state index is -3.75. The topological polar surface area (TPSA) is 94.3 Å². The Morgan fingerprint density at radius 2 is 2.19 bits per heavy atom. The number of hydrogen-bond donors (Lipinski definition) is 2. The normalized spacial score (nSPS) is 14.9. The van der Waals surface area contributed by atoms with Gasteiger partial charge in [-0.15, -0.1) is 11.3 Å². The summed E-state index contributed by atoms with van der Waals surface area (Å²) in [6.07, 6.45) is 2.25. The summed E-state index contributed by atoms with van der Waals surface area (Å²) in [4.78, 5) is 4.36. The Morgan fingerprint density at radius 1 is 1.43 bits per heavy atom. The van der Waals surface area contributed by atoms with Crippen LogP contribution in [0, 0.1) is 0 Å². The van der Waals surface area contributed by atoms with E-state index in [4.69, 9.17) is 10.5 Å². The van der Waals surface area contributed by atoms with Gasteiger partial charge in [-0.1, -0.05) is 0 Å². The molecule has 3 N–H and O–H groups in total. The number of nitrogen functional groups attached to an aromatic ring is 1. The number of rotatable bonds is 5. The van der Waals surface area contributed by atoms with Crippen LogP contribution in [0.25, 0.3) is 0 Å². The van der Waals surface area contributed by atoms with E-state index in [1.54, 1.807) is 0 Å². The van der Waals surface area contributed by atoms with Crippen LogP contribution in [-0.4, -0.2) is 20.5 Å². The first-order chi connectivity index (χ1) is 9.99. The van der Waals surface area contributed by atoms with Crippen molar-refractivity contribution < 1.29 is 13.2 Å². The summed E-state index contributed by atoms with van der Waals surface area (Å²) in [5.41, 5.74) is 7.04. The largest absolute Gasteiger partial charge is 0.495 e. The molecule has 3 rings (SSSR count). The molecule has 8 heteroatoms. The van der Waals surface area contributed by atoms with Crippen molar-refractivity contribution in [3.8, 4) is 5.75 Å². The molecule has 21 heavy (non-hydrogen) atoms. The van der Waals surface area contributed by atoms with Gasteiger partial charge in [0.05, 0.1) is 12.8 Å². The van der Waals surface area contributed by atoms with Crippen LogP contribution in [0.2, 0.25) is 0 Å². The lowest BCUT2D eigenvalue weighted by molar-refractivity contribution is 0.403. The summed E-state index contributed by atoms with van der Waals surface area (Å²) in [6.45, 7) is 0. The van der Waals surface area contributed by atoms with Crippen LogP contribution in [0.3, 0.4) is 0 Å². The van der Waals surface area contributed by atoms with E-state index in [0.717, 1.165) is 18.5 Å². The predicted molar refractivity (Wildman–Crippen MR) is 82.3 cm³/mol. The molecule has 1 saturated carbocycles. The van der Waals surface area contributed by atoms with Crippen LogP contribution in [0.15, 0.2) is 28.5 Å². The van der Waals surface area contributed by atoms with Crippen molar-refractivity contribution in [1.29, 1.82) is 0 Å². The molecule has 1 aliphatic carbocycles. The quantitative estimate of drug-likeness (QED) is 0.823. The zero-order valence-corrected chi connectivity index (χ0v) is 13.0. The van der Waals surface area contributed by atoms with Gasteiger partial charge in [0.15, 0.2) is 5.13 Å². The van der Waals surface area contributed by atoms with Crippen LogP contribution < -0.4 is 15.2 Å². The van der Waals surface area contributed by atoms with E-state index >= 15 is 0 Å². The second-order valence-electron chi connectivity index (χ2n) is 4.87. The van der Waals surface area contributed by atoms with Crippen LogP contribution in [0.4, 0.5) is 10.8 Å². The molecule has 1 fully saturated rings. The standard InChI is InChI=1S/C13H15N3O3S2/c1-19-11-6-9(14)4-5-12(11)21(17,18)16-13-15-10(7-20-13)8-2-3-8/h4-8H,2-3,14H2,1H3,(H,15,16). The Bertz CT molecular complexity index is 767. The molecule has 1 aliphatic rings. The molecule has 0 amide bonds. The number of anilines is 2. The first-order valence-electron chi connectivity index (χ1n) is 6.41. The van der Waals surface area contributed by atoms with Gasteiger partial charge >= 0.3 is 0 Å². The smallest absolute Gasteiger partial charge is 0.267 e. The number of ether oxygens (including phenoxy) is 1. The van der Waals surface area contributed by atoms with Crippen molar-refractivity contribution in [2.75, 3.05) is 17.6 Å². The average Bonchev–Trinajstić information content (AvgIpc) is 3.19. The van der Waals surface area contributed by atoms with E-state index in [9.17, 15) is 8.42 Å². The Labute approximate surface area is 127 Å². The third kappa shape index (κ3) is 2.96. The highest BCUT2D eigenvalue weighted by molar-refractivity contribution is 7.93. The third-order valence-corrected chi connectivity index (χ3v) is 5.50. The van der Waals surface area contributed by atoms with Gasteiger partial charge < -0.3 is 10.5 Å². The van der Waals surface area contributed by atoms with E-state index in [-0.39, 0.29) is 10.6 Å². The summed E-state index contributed by atoms with van der Waals surface area (Å²) in [5.74, 6) is 0.701. The number of aromatic nitrogens is 1. The Morgan fingerprint density at radius 3 is 2.86 bits per heavy atom. The lowest BCUT2D eigenvalue weighted by atomic mass is 10.3. The van der Waals surface area contributed by atoms with Gasteiger partial charge in [0, 0.05) is 23.1 Å². The number of nitrogens with zero attached hydrogens (tertiary/aromatic N) is 1. The molecule has 0 spiro atoms. The summed E-state index contributed by atoms with van der Waals surface area (Å²) in [6, 6.07) is 4.42. The zero-order valence-electron chi connectivity index (χ0n) is 11.4. The minimum Gasteiger partial charge on any atom is -0.495 e. The van der Waals surface area contributed by atoms with E-state index in [1.807, 2.05) is 5.38 Å². The molecule has 2 aromatic rings. The number of methoxy groups -OCH3 is 1. The highest BCUT2D eigenvalue weighted by Gasteiger charge is 2.27. The Balaban J connectivity index is 1.88. The van der Waals surface area contributed by atoms with E-state index in [1.165, 1.54) is 36.6 Å². The first-order valence-corrected chi connectivity index (χ1v) is 8.77. The van der Waals surface area contributed by atoms with Crippen molar-refractivity contribution in [2.24, 2.45) is 0 Å². The highest BCUT2D eigenvalue weighted by Crippen LogP contribution is 2.41. The van der Waals surface area contributed by atoms with Crippen molar-refractivity contribution in [3.05, 3.63) is 29.3 Å². The van der Waals surface area contributed by atoms with E-state index in [2.05, 4.69) is 9.71 Å². The molecule has 0 saturated heterocycles. The second-order valence-corrected chi connectivity index (χ2v) is 7.38. The van der Waals surface area contributed by atoms with Crippen LogP contribution in [0.1, 0.15) is 24.5 Å². The molecule has 1 aromatic heterocycles. The van der Waals surface area contributed by atoms with Gasteiger partial charge in [-0.2, -0.15) is 0 Å². The lowest BCUT2D eigenvalue weighted by Gasteiger charge is -2.10. The molecule has 0 radical (unpaired) electrons. The fourth-order valence-corrected chi connectivity index (χ4v) is 4.17. The number of sulfonamides is 1. The molecule has 112 valence electrons. The van der Waals surface area contributed by atoms with Crippen molar-refractivity contribution >= 4 is 32.2 Å². The van der Waals surface area contributed by atoms with Crippen molar-refractivity contribution in [2.45, 2.75) is 23.7 Å². The second kappa shape index (κ2) is 5.19. The van der Waals surface area contributed by atoms with Gasteiger partial charge in [0.2, 0.25) is 0 Å². The minimum absolute atomic E-state index is 0.0439. The molecule has 0 atom stereocenters. The number of benzene rings is 1. The fourth-order valence-electron chi connectivity index (χ4n) is 1.98. The maximum absolute atomic E-state index is 12.4. The molecule has 0 aliphatic heterocycles. The lowest BCUT2D eigenvalue weighted by Crippen LogP contribution is -2.14. The van der Waals surface area contributed by atoms with Gasteiger partial charge in [0.1, 0.15) is 10.6 Å². The van der Waals surface area contributed by atoms with Gasteiger partial charge in [0.25, 0.3) is 10.0 Å². The summed E-state index contributed by atoms with van der Waals surface area (Å²) < 4.78 is 32.4. The third-order valence-electron chi connectivity index (χ3n) is 3.22. The SMILES string of the molecule is COc1cc(N)ccc1S(=O)(=O)Nc1nc(C2CC2)cs1. The predicted octanol–water partition coefficient (Wildman–Crippen LogP) is 2.41. The fraction of sp³-hybridized carbons (Fsp3) is 0.308. The number of nitrogens with two attached hydrogens (primary N) is 1. The van der Waals surface area contributed by atoms with Gasteiger partial charge in [-0.3, -0.25) is 4.72 Å². The Kier molecular flexibility index (Phi) is 3.50. The molecule has 0 bridgehead atoms. The Hall–Kier alpha value is -1.80. The molecular formula is C13H15N3O3S2. The number of hydrogen-bond acceptors (Lipinski definition) is 6. The molecule has 1 aromatic carbocycles. The highest BCUT2D eigenvalue weighted by atomic mass is 32.2. The average molecular weight is 325 g/mol. The van der Waals surface area contributed by atoms with E-state index in [0.29, 0.717) is 16.7 Å². The maximum Gasteiger partial charge on any atom is 0.267 e. The van der Waals surface area contributed by atoms with E-state index < -0.39 is 10.0 Å². The maximum atomic E-state index is 12.4. The van der Waals surface area contributed by atoms with Gasteiger partial charge in [-0.25, -0.2) is 13.4 Å². The van der Waals surface area contributed by atoms with Crippen LogP contribution in [0.5, 0.6) is 5.75 Å². The summed E-state index contributed by atoms with van der Waals surface area (Å²) in [7, 11) is -2.34. The van der Waals surface area contributed by atoms with Crippen molar-refractivity contribution in [3.63, 3.8) is 0 Å². The zero-order chi connectivity index (χ0) is 15.0. The first kappa shape index (κ1) is 14.2. The van der Waals surface area contributed by atoms with Crippen molar-refractivity contribution in [1.82, 2.24) is 4.98 Å². The van der Waals surface area contributed by atoms with Gasteiger partial charge in [-0.05, 0) is 25.0 Å². The number of nitrogens with one attached hydrogen (secondary N) is 1. The molecule has 1 heterocycles. The summed E-state index contributed by atoms with van der Waals surface area (Å²) >= 11 is 1.29. The van der Waals surface area contributed by atoms with Crippen LogP contribution in [-0.2, 0) is 10.0 Å². The monoisotopic (exact) mass is 325 g/mol. The van der Waals surface area contributed by atoms with Crippen LogP contribution >= 0.6 is 11.3 Å².